The van der Waals surface area contributed by atoms with Crippen molar-refractivity contribution in [2.75, 3.05) is 18.5 Å². The van der Waals surface area contributed by atoms with Gasteiger partial charge in [0.2, 0.25) is 0 Å². The number of fused-ring (bicyclic) bond motifs is 1. The molecule has 1 aliphatic heterocycles. The first-order chi connectivity index (χ1) is 14.2. The smallest absolute Gasteiger partial charge is 0.256 e. The molecular weight excluding hydrogens is 386 g/mol. The molecule has 1 aromatic heterocycles. The first-order valence-electron chi connectivity index (χ1n) is 10.0. The molecular formula is C22H23N3O3S. The number of nitrogens with zero attached hydrogens (tertiary/aromatic N) is 1. The Morgan fingerprint density at radius 1 is 1.21 bits per heavy atom. The highest BCUT2D eigenvalue weighted by Gasteiger charge is 2.27. The number of hydrogen-bond donors (Lipinski definition) is 2. The summed E-state index contributed by atoms with van der Waals surface area (Å²) in [6.45, 7) is 1.23. The molecule has 2 N–H and O–H groups in total. The second-order valence-electron chi connectivity index (χ2n) is 7.41. The fraction of sp³-hybridized carbons (Fsp3) is 0.409. The van der Waals surface area contributed by atoms with Gasteiger partial charge in [-0.3, -0.25) is 9.59 Å². The predicted molar refractivity (Wildman–Crippen MR) is 111 cm³/mol. The highest BCUT2D eigenvalue weighted by Crippen LogP contribution is 2.38. The summed E-state index contributed by atoms with van der Waals surface area (Å²) < 4.78 is 5.60. The first kappa shape index (κ1) is 19.6. The lowest BCUT2D eigenvalue weighted by Gasteiger charge is -2.15. The monoisotopic (exact) mass is 409 g/mol. The van der Waals surface area contributed by atoms with E-state index in [-0.39, 0.29) is 17.9 Å². The third-order valence-electron chi connectivity index (χ3n) is 5.39. The Bertz CT molecular complexity index is 970. The second-order valence-corrected chi connectivity index (χ2v) is 8.51. The highest BCUT2D eigenvalue weighted by molar-refractivity contribution is 7.17. The molecule has 1 atom stereocenters. The molecule has 1 aliphatic carbocycles. The molecule has 29 heavy (non-hydrogen) atoms. The zero-order valence-electron chi connectivity index (χ0n) is 16.1. The minimum atomic E-state index is -0.311. The van der Waals surface area contributed by atoms with Crippen LogP contribution in [0, 0.1) is 11.3 Å². The maximum Gasteiger partial charge on any atom is 0.256 e. The standard InChI is InChI=1S/C22H23N3O3S/c23-12-14-5-3-6-15(11-14)20(26)25-22-19(17-8-1-2-9-18(17)29-22)21(27)24-13-16-7-4-10-28-16/h3,5-6,11,16H,1-2,4,7-10,13H2,(H,24,27)(H,25,26)/t16-/m1/s1. The van der Waals surface area contributed by atoms with Crippen LogP contribution in [0.2, 0.25) is 0 Å². The van der Waals surface area contributed by atoms with Crippen LogP contribution >= 0.6 is 11.3 Å². The average molecular weight is 410 g/mol. The van der Waals surface area contributed by atoms with E-state index in [1.165, 1.54) is 16.2 Å². The molecule has 2 heterocycles. The maximum absolute atomic E-state index is 13.0. The number of carbonyl (C=O) groups excluding carboxylic acids is 2. The van der Waals surface area contributed by atoms with Gasteiger partial charge in [-0.15, -0.1) is 11.3 Å². The Morgan fingerprint density at radius 3 is 2.86 bits per heavy atom. The molecule has 0 radical (unpaired) electrons. The number of nitriles is 1. The zero-order chi connectivity index (χ0) is 20.2. The van der Waals surface area contributed by atoms with Crippen LogP contribution in [0.3, 0.4) is 0 Å². The Kier molecular flexibility index (Phi) is 5.93. The molecule has 4 rings (SSSR count). The summed E-state index contributed by atoms with van der Waals surface area (Å²) >= 11 is 1.49. The van der Waals surface area contributed by atoms with Crippen LogP contribution in [0.25, 0.3) is 0 Å². The minimum Gasteiger partial charge on any atom is -0.376 e. The molecule has 2 aliphatic rings. The quantitative estimate of drug-likeness (QED) is 0.788. The van der Waals surface area contributed by atoms with E-state index in [1.54, 1.807) is 24.3 Å². The van der Waals surface area contributed by atoms with Gasteiger partial charge in [0.1, 0.15) is 5.00 Å². The largest absolute Gasteiger partial charge is 0.376 e. The van der Waals surface area contributed by atoms with E-state index in [1.807, 2.05) is 6.07 Å². The number of anilines is 1. The highest BCUT2D eigenvalue weighted by atomic mass is 32.1. The Balaban J connectivity index is 1.57. The van der Waals surface area contributed by atoms with E-state index in [0.717, 1.165) is 50.7 Å². The maximum atomic E-state index is 13.0. The van der Waals surface area contributed by atoms with E-state index < -0.39 is 0 Å². The van der Waals surface area contributed by atoms with Crippen molar-refractivity contribution >= 4 is 28.2 Å². The molecule has 2 aromatic rings. The number of nitrogens with one attached hydrogen (secondary N) is 2. The lowest BCUT2D eigenvalue weighted by Crippen LogP contribution is -2.32. The molecule has 0 spiro atoms. The van der Waals surface area contributed by atoms with Crippen molar-refractivity contribution in [1.82, 2.24) is 5.32 Å². The lowest BCUT2D eigenvalue weighted by atomic mass is 9.95. The van der Waals surface area contributed by atoms with Crippen molar-refractivity contribution in [3.05, 3.63) is 51.4 Å². The van der Waals surface area contributed by atoms with Gasteiger partial charge in [0.15, 0.2) is 0 Å². The van der Waals surface area contributed by atoms with Gasteiger partial charge < -0.3 is 15.4 Å². The average Bonchev–Trinajstić information content (AvgIpc) is 3.39. The molecule has 0 unspecified atom stereocenters. The van der Waals surface area contributed by atoms with Crippen LogP contribution in [0.5, 0.6) is 0 Å². The summed E-state index contributed by atoms with van der Waals surface area (Å²) in [5, 5.41) is 15.6. The summed E-state index contributed by atoms with van der Waals surface area (Å²) in [5.41, 5.74) is 2.48. The summed E-state index contributed by atoms with van der Waals surface area (Å²) in [6.07, 6.45) is 5.99. The SMILES string of the molecule is N#Cc1cccc(C(=O)Nc2sc3c(c2C(=O)NC[C@H]2CCCO2)CCCC3)c1. The van der Waals surface area contributed by atoms with Crippen molar-refractivity contribution in [2.45, 2.75) is 44.6 Å². The third-order valence-corrected chi connectivity index (χ3v) is 6.60. The summed E-state index contributed by atoms with van der Waals surface area (Å²) in [4.78, 5) is 27.0. The summed E-state index contributed by atoms with van der Waals surface area (Å²) in [6, 6.07) is 8.61. The molecule has 1 aromatic carbocycles. The van der Waals surface area contributed by atoms with Crippen LogP contribution in [0.1, 0.15) is 62.4 Å². The molecule has 1 fully saturated rings. The van der Waals surface area contributed by atoms with Gasteiger partial charge in [0.05, 0.1) is 23.3 Å². The number of thiophene rings is 1. The van der Waals surface area contributed by atoms with Crippen molar-refractivity contribution in [3.63, 3.8) is 0 Å². The summed E-state index contributed by atoms with van der Waals surface area (Å²) in [5.74, 6) is -0.463. The number of hydrogen-bond acceptors (Lipinski definition) is 5. The molecule has 7 heteroatoms. The fourth-order valence-electron chi connectivity index (χ4n) is 3.90. The van der Waals surface area contributed by atoms with E-state index in [4.69, 9.17) is 10.00 Å². The van der Waals surface area contributed by atoms with Gasteiger partial charge in [-0.25, -0.2) is 0 Å². The van der Waals surface area contributed by atoms with Gasteiger partial charge in [-0.2, -0.15) is 5.26 Å². The molecule has 0 saturated carbocycles. The Hall–Kier alpha value is -2.69. The van der Waals surface area contributed by atoms with Gasteiger partial charge >= 0.3 is 0 Å². The number of rotatable bonds is 5. The lowest BCUT2D eigenvalue weighted by molar-refractivity contribution is 0.0858. The number of carbonyl (C=O) groups is 2. The molecule has 1 saturated heterocycles. The number of benzene rings is 1. The van der Waals surface area contributed by atoms with Crippen molar-refractivity contribution in [2.24, 2.45) is 0 Å². The van der Waals surface area contributed by atoms with Crippen LogP contribution in [-0.4, -0.2) is 31.1 Å². The normalized spacial score (nSPS) is 18.0. The van der Waals surface area contributed by atoms with Crippen molar-refractivity contribution < 1.29 is 14.3 Å². The van der Waals surface area contributed by atoms with E-state index in [2.05, 4.69) is 10.6 Å². The van der Waals surface area contributed by atoms with Crippen molar-refractivity contribution in [1.29, 1.82) is 5.26 Å². The molecule has 6 nitrogen and oxygen atoms in total. The molecule has 150 valence electrons. The van der Waals surface area contributed by atoms with E-state index >= 15 is 0 Å². The van der Waals surface area contributed by atoms with Crippen LogP contribution in [-0.2, 0) is 17.6 Å². The second kappa shape index (κ2) is 8.76. The van der Waals surface area contributed by atoms with Gasteiger partial charge in [0.25, 0.3) is 11.8 Å². The fourth-order valence-corrected chi connectivity index (χ4v) is 5.18. The van der Waals surface area contributed by atoms with E-state index in [0.29, 0.717) is 28.2 Å². The third kappa shape index (κ3) is 4.34. The van der Waals surface area contributed by atoms with Crippen LogP contribution in [0.15, 0.2) is 24.3 Å². The Morgan fingerprint density at radius 2 is 2.07 bits per heavy atom. The van der Waals surface area contributed by atoms with Gasteiger partial charge in [-0.05, 0) is 62.3 Å². The van der Waals surface area contributed by atoms with Crippen LogP contribution in [0.4, 0.5) is 5.00 Å². The van der Waals surface area contributed by atoms with Crippen molar-refractivity contribution in [3.8, 4) is 6.07 Å². The topological polar surface area (TPSA) is 91.2 Å². The molecule has 2 amide bonds. The van der Waals surface area contributed by atoms with Gasteiger partial charge in [-0.1, -0.05) is 6.07 Å². The number of ether oxygens (including phenoxy) is 1. The number of amides is 2. The minimum absolute atomic E-state index is 0.0696. The van der Waals surface area contributed by atoms with Gasteiger partial charge in [0, 0.05) is 23.6 Å². The zero-order valence-corrected chi connectivity index (χ0v) is 16.9. The predicted octanol–water partition coefficient (Wildman–Crippen LogP) is 3.66. The first-order valence-corrected chi connectivity index (χ1v) is 10.8. The van der Waals surface area contributed by atoms with E-state index in [9.17, 15) is 9.59 Å². The number of aryl methyl sites for hydroxylation is 1. The van der Waals surface area contributed by atoms with Crippen LogP contribution < -0.4 is 10.6 Å². The molecule has 0 bridgehead atoms. The summed E-state index contributed by atoms with van der Waals surface area (Å²) in [7, 11) is 0. The Labute approximate surface area is 173 Å².